The number of nitrogens with zero attached hydrogens (tertiary/aromatic N) is 1. The molecule has 1 heterocycles. The molecule has 1 N–H and O–H groups in total. The summed E-state index contributed by atoms with van der Waals surface area (Å²) >= 11 is 0. The number of methoxy groups -OCH3 is 1. The molecule has 1 aliphatic rings. The molecule has 0 spiro atoms. The summed E-state index contributed by atoms with van der Waals surface area (Å²) in [4.78, 5) is 27.3. The number of rotatable bonds is 4. The first-order valence-electron chi connectivity index (χ1n) is 7.63. The zero-order chi connectivity index (χ0) is 17.7. The molecule has 1 aromatic carbocycles. The lowest BCUT2D eigenvalue weighted by Gasteiger charge is -2.19. The number of amides is 1. The Morgan fingerprint density at radius 2 is 1.96 bits per heavy atom. The number of carbonyl (C=O) groups is 2. The molecule has 1 unspecified atom stereocenters. The van der Waals surface area contributed by atoms with Crippen molar-refractivity contribution in [2.45, 2.75) is 39.0 Å². The van der Waals surface area contributed by atoms with Crippen LogP contribution in [-0.2, 0) is 25.5 Å². The molecule has 7 heteroatoms. The summed E-state index contributed by atoms with van der Waals surface area (Å²) < 4.78 is 15.3. The lowest BCUT2D eigenvalue weighted by molar-refractivity contribution is -0.142. The standard InChI is InChI=1S/C17H22N2O5/c1-17(2,3)24-16(21)18-9-11-5-7-12(8-6-11)14-19-13(10-23-14)15(20)22-4/h5-8,13H,9-10H2,1-4H3,(H,18,21). The molecule has 0 bridgehead atoms. The van der Waals surface area contributed by atoms with Crippen molar-refractivity contribution in [3.8, 4) is 0 Å². The van der Waals surface area contributed by atoms with E-state index in [1.807, 2.05) is 45.0 Å². The third-order valence-corrected chi connectivity index (χ3v) is 3.16. The number of aliphatic imine (C=N–C) groups is 1. The van der Waals surface area contributed by atoms with Crippen LogP contribution in [0.5, 0.6) is 0 Å². The van der Waals surface area contributed by atoms with Gasteiger partial charge < -0.3 is 19.5 Å². The van der Waals surface area contributed by atoms with Crippen molar-refractivity contribution < 1.29 is 23.8 Å². The topological polar surface area (TPSA) is 86.2 Å². The fraction of sp³-hybridized carbons (Fsp3) is 0.471. The van der Waals surface area contributed by atoms with Crippen molar-refractivity contribution in [1.82, 2.24) is 5.32 Å². The number of hydrogen-bond acceptors (Lipinski definition) is 6. The highest BCUT2D eigenvalue weighted by Crippen LogP contribution is 2.14. The first kappa shape index (κ1) is 17.8. The van der Waals surface area contributed by atoms with Crippen LogP contribution in [0.2, 0.25) is 0 Å². The minimum absolute atomic E-state index is 0.184. The molecule has 24 heavy (non-hydrogen) atoms. The molecule has 0 radical (unpaired) electrons. The zero-order valence-electron chi connectivity index (χ0n) is 14.3. The number of esters is 1. The van der Waals surface area contributed by atoms with Gasteiger partial charge in [0.05, 0.1) is 7.11 Å². The number of carbonyl (C=O) groups excluding carboxylic acids is 2. The molecule has 1 atom stereocenters. The molecule has 0 saturated heterocycles. The van der Waals surface area contributed by atoms with E-state index >= 15 is 0 Å². The molecular weight excluding hydrogens is 312 g/mol. The number of ether oxygens (including phenoxy) is 3. The van der Waals surface area contributed by atoms with E-state index < -0.39 is 23.7 Å². The predicted molar refractivity (Wildman–Crippen MR) is 87.8 cm³/mol. The lowest BCUT2D eigenvalue weighted by Crippen LogP contribution is -2.32. The minimum Gasteiger partial charge on any atom is -0.475 e. The van der Waals surface area contributed by atoms with E-state index in [-0.39, 0.29) is 6.61 Å². The summed E-state index contributed by atoms with van der Waals surface area (Å²) in [5.74, 6) is 0.000215. The summed E-state index contributed by atoms with van der Waals surface area (Å²) in [7, 11) is 1.32. The summed E-state index contributed by atoms with van der Waals surface area (Å²) in [6.45, 7) is 5.97. The van der Waals surface area contributed by atoms with Gasteiger partial charge in [-0.2, -0.15) is 0 Å². The van der Waals surface area contributed by atoms with Gasteiger partial charge in [-0.1, -0.05) is 12.1 Å². The summed E-state index contributed by atoms with van der Waals surface area (Å²) in [6.07, 6.45) is -0.462. The van der Waals surface area contributed by atoms with Crippen molar-refractivity contribution >= 4 is 18.0 Å². The van der Waals surface area contributed by atoms with Crippen LogP contribution in [0.4, 0.5) is 4.79 Å². The molecule has 0 aliphatic carbocycles. The Balaban J connectivity index is 1.92. The Kier molecular flexibility index (Phi) is 5.43. The van der Waals surface area contributed by atoms with Crippen molar-refractivity contribution in [2.75, 3.05) is 13.7 Å². The van der Waals surface area contributed by atoms with Crippen LogP contribution in [0.1, 0.15) is 31.9 Å². The van der Waals surface area contributed by atoms with Gasteiger partial charge in [0.2, 0.25) is 5.90 Å². The molecule has 130 valence electrons. The van der Waals surface area contributed by atoms with E-state index in [0.717, 1.165) is 11.1 Å². The first-order valence-corrected chi connectivity index (χ1v) is 7.63. The Morgan fingerprint density at radius 1 is 1.29 bits per heavy atom. The molecular formula is C17H22N2O5. The highest BCUT2D eigenvalue weighted by molar-refractivity contribution is 5.97. The monoisotopic (exact) mass is 334 g/mol. The van der Waals surface area contributed by atoms with Gasteiger partial charge in [-0.05, 0) is 38.5 Å². The Hall–Kier alpha value is -2.57. The number of hydrogen-bond donors (Lipinski definition) is 1. The summed E-state index contributed by atoms with van der Waals surface area (Å²) in [6, 6.07) is 6.74. The predicted octanol–water partition coefficient (Wildman–Crippen LogP) is 2.03. The quantitative estimate of drug-likeness (QED) is 0.852. The second-order valence-corrected chi connectivity index (χ2v) is 6.34. The maximum Gasteiger partial charge on any atom is 0.407 e. The van der Waals surface area contributed by atoms with E-state index in [9.17, 15) is 9.59 Å². The van der Waals surface area contributed by atoms with Crippen molar-refractivity contribution in [1.29, 1.82) is 0 Å². The largest absolute Gasteiger partial charge is 0.475 e. The van der Waals surface area contributed by atoms with Crippen molar-refractivity contribution in [2.24, 2.45) is 4.99 Å². The highest BCUT2D eigenvalue weighted by atomic mass is 16.6. The van der Waals surface area contributed by atoms with E-state index in [1.54, 1.807) is 0 Å². The van der Waals surface area contributed by atoms with Gasteiger partial charge in [0.1, 0.15) is 12.2 Å². The number of benzene rings is 1. The SMILES string of the molecule is COC(=O)C1COC(c2ccc(CNC(=O)OC(C)(C)C)cc2)=N1. The summed E-state index contributed by atoms with van der Waals surface area (Å²) in [5, 5.41) is 2.69. The van der Waals surface area contributed by atoms with Crippen molar-refractivity contribution in [3.05, 3.63) is 35.4 Å². The smallest absolute Gasteiger partial charge is 0.407 e. The van der Waals surface area contributed by atoms with Gasteiger partial charge in [-0.3, -0.25) is 0 Å². The third-order valence-electron chi connectivity index (χ3n) is 3.16. The van der Waals surface area contributed by atoms with Gasteiger partial charge in [-0.25, -0.2) is 14.6 Å². The van der Waals surface area contributed by atoms with E-state index in [1.165, 1.54) is 7.11 Å². The van der Waals surface area contributed by atoms with Crippen LogP contribution < -0.4 is 5.32 Å². The van der Waals surface area contributed by atoms with E-state index in [4.69, 9.17) is 9.47 Å². The highest BCUT2D eigenvalue weighted by Gasteiger charge is 2.27. The molecule has 1 aromatic rings. The molecule has 7 nitrogen and oxygen atoms in total. The van der Waals surface area contributed by atoms with E-state index in [2.05, 4.69) is 15.0 Å². The molecule has 1 aliphatic heterocycles. The molecule has 1 amide bonds. The Morgan fingerprint density at radius 3 is 2.54 bits per heavy atom. The minimum atomic E-state index is -0.612. The second kappa shape index (κ2) is 7.33. The molecule has 0 fully saturated rings. The average molecular weight is 334 g/mol. The number of nitrogens with one attached hydrogen (secondary N) is 1. The van der Waals surface area contributed by atoms with Crippen LogP contribution in [-0.4, -0.2) is 43.3 Å². The fourth-order valence-corrected chi connectivity index (χ4v) is 2.04. The Labute approximate surface area is 141 Å². The van der Waals surface area contributed by atoms with Gasteiger partial charge in [0.15, 0.2) is 6.04 Å². The van der Waals surface area contributed by atoms with Gasteiger partial charge in [-0.15, -0.1) is 0 Å². The van der Waals surface area contributed by atoms with Gasteiger partial charge in [0.25, 0.3) is 0 Å². The van der Waals surface area contributed by atoms with Crippen LogP contribution in [0.3, 0.4) is 0 Å². The third kappa shape index (κ3) is 4.97. The maximum atomic E-state index is 11.6. The number of alkyl carbamates (subject to hydrolysis) is 1. The normalized spacial score (nSPS) is 16.8. The van der Waals surface area contributed by atoms with Crippen LogP contribution in [0.25, 0.3) is 0 Å². The second-order valence-electron chi connectivity index (χ2n) is 6.34. The fourth-order valence-electron chi connectivity index (χ4n) is 2.04. The summed E-state index contributed by atoms with van der Waals surface area (Å²) in [5.41, 5.74) is 1.15. The van der Waals surface area contributed by atoms with Crippen LogP contribution in [0, 0.1) is 0 Å². The maximum absolute atomic E-state index is 11.6. The zero-order valence-corrected chi connectivity index (χ0v) is 14.3. The van der Waals surface area contributed by atoms with Gasteiger partial charge in [0, 0.05) is 12.1 Å². The Bertz CT molecular complexity index is 631. The first-order chi connectivity index (χ1) is 11.3. The van der Waals surface area contributed by atoms with Crippen LogP contribution in [0.15, 0.2) is 29.3 Å². The molecule has 2 rings (SSSR count). The molecule has 0 saturated carbocycles. The average Bonchev–Trinajstić information content (AvgIpc) is 3.01. The molecule has 0 aromatic heterocycles. The van der Waals surface area contributed by atoms with Crippen LogP contribution >= 0.6 is 0 Å². The lowest BCUT2D eigenvalue weighted by atomic mass is 10.1. The van der Waals surface area contributed by atoms with E-state index in [0.29, 0.717) is 12.4 Å². The van der Waals surface area contributed by atoms with Gasteiger partial charge >= 0.3 is 12.1 Å². The van der Waals surface area contributed by atoms with Crippen molar-refractivity contribution in [3.63, 3.8) is 0 Å².